The highest BCUT2D eigenvalue weighted by atomic mass is 19.1. The van der Waals surface area contributed by atoms with Crippen LogP contribution >= 0.6 is 0 Å². The summed E-state index contributed by atoms with van der Waals surface area (Å²) in [4.78, 5) is 4.05. The van der Waals surface area contributed by atoms with Crippen LogP contribution in [0.3, 0.4) is 0 Å². The second-order valence-corrected chi connectivity index (χ2v) is 4.44. The van der Waals surface area contributed by atoms with Gasteiger partial charge in [-0.2, -0.15) is 0 Å². The molecule has 20 heavy (non-hydrogen) atoms. The standard InChI is InChI=1S/C14H21F2N3O/c1-10(12-5-4-11(15)8-13(12)16)9-19-14(17-2)18-6-7-20-3/h4-5,8,10H,6-7,9H2,1-3H3,(H2,17,18,19). The molecule has 0 aliphatic rings. The number of nitrogens with zero attached hydrogens (tertiary/aromatic N) is 1. The number of guanidine groups is 1. The third kappa shape index (κ3) is 5.13. The lowest BCUT2D eigenvalue weighted by molar-refractivity contribution is 0.203. The van der Waals surface area contributed by atoms with Gasteiger partial charge in [0.25, 0.3) is 0 Å². The van der Waals surface area contributed by atoms with E-state index in [9.17, 15) is 8.78 Å². The molecule has 0 aliphatic carbocycles. The van der Waals surface area contributed by atoms with Gasteiger partial charge in [-0.1, -0.05) is 13.0 Å². The molecule has 1 unspecified atom stereocenters. The molecule has 0 radical (unpaired) electrons. The van der Waals surface area contributed by atoms with Crippen LogP contribution in [0.25, 0.3) is 0 Å². The van der Waals surface area contributed by atoms with Crippen molar-refractivity contribution in [2.45, 2.75) is 12.8 Å². The Hall–Kier alpha value is -1.69. The van der Waals surface area contributed by atoms with Gasteiger partial charge in [-0.05, 0) is 11.6 Å². The predicted molar refractivity (Wildman–Crippen MR) is 76.0 cm³/mol. The van der Waals surface area contributed by atoms with Crippen molar-refractivity contribution >= 4 is 5.96 Å². The number of nitrogens with one attached hydrogen (secondary N) is 2. The molecule has 4 nitrogen and oxygen atoms in total. The van der Waals surface area contributed by atoms with Crippen molar-refractivity contribution in [1.29, 1.82) is 0 Å². The van der Waals surface area contributed by atoms with E-state index < -0.39 is 11.6 Å². The Balaban J connectivity index is 2.51. The molecular weight excluding hydrogens is 264 g/mol. The van der Waals surface area contributed by atoms with E-state index in [0.717, 1.165) is 6.07 Å². The molecule has 1 aromatic rings. The highest BCUT2D eigenvalue weighted by molar-refractivity contribution is 5.79. The zero-order valence-electron chi connectivity index (χ0n) is 12.0. The number of benzene rings is 1. The van der Waals surface area contributed by atoms with Crippen LogP contribution in [0.4, 0.5) is 8.78 Å². The van der Waals surface area contributed by atoms with Crippen molar-refractivity contribution in [2.24, 2.45) is 4.99 Å². The van der Waals surface area contributed by atoms with Crippen LogP contribution in [0.2, 0.25) is 0 Å². The molecule has 0 fully saturated rings. The molecule has 0 bridgehead atoms. The zero-order valence-corrected chi connectivity index (χ0v) is 12.0. The van der Waals surface area contributed by atoms with E-state index in [1.165, 1.54) is 12.1 Å². The first kappa shape index (κ1) is 16.4. The van der Waals surface area contributed by atoms with Crippen molar-refractivity contribution in [3.63, 3.8) is 0 Å². The van der Waals surface area contributed by atoms with E-state index in [2.05, 4.69) is 15.6 Å². The maximum absolute atomic E-state index is 13.6. The molecule has 0 aromatic heterocycles. The van der Waals surface area contributed by atoms with E-state index >= 15 is 0 Å². The number of hydrogen-bond acceptors (Lipinski definition) is 2. The van der Waals surface area contributed by atoms with Crippen LogP contribution in [0.1, 0.15) is 18.4 Å². The summed E-state index contributed by atoms with van der Waals surface area (Å²) in [6.07, 6.45) is 0. The van der Waals surface area contributed by atoms with E-state index in [1.54, 1.807) is 14.2 Å². The van der Waals surface area contributed by atoms with Crippen molar-refractivity contribution in [1.82, 2.24) is 10.6 Å². The molecule has 2 N–H and O–H groups in total. The van der Waals surface area contributed by atoms with Crippen LogP contribution in [0.5, 0.6) is 0 Å². The average Bonchev–Trinajstić information content (AvgIpc) is 2.42. The van der Waals surface area contributed by atoms with Crippen LogP contribution in [-0.2, 0) is 4.74 Å². The first-order valence-electron chi connectivity index (χ1n) is 6.47. The van der Waals surface area contributed by atoms with Crippen molar-refractivity contribution in [3.05, 3.63) is 35.4 Å². The quantitative estimate of drug-likeness (QED) is 0.476. The second kappa shape index (κ2) is 8.47. The van der Waals surface area contributed by atoms with Crippen molar-refractivity contribution in [3.8, 4) is 0 Å². The highest BCUT2D eigenvalue weighted by Gasteiger charge is 2.12. The van der Waals surface area contributed by atoms with Crippen LogP contribution in [0, 0.1) is 11.6 Å². The minimum absolute atomic E-state index is 0.100. The Morgan fingerprint density at radius 3 is 2.70 bits per heavy atom. The molecule has 1 rings (SSSR count). The van der Waals surface area contributed by atoms with Gasteiger partial charge in [-0.15, -0.1) is 0 Å². The Morgan fingerprint density at radius 2 is 2.10 bits per heavy atom. The van der Waals surface area contributed by atoms with Gasteiger partial charge in [0.05, 0.1) is 6.61 Å². The maximum Gasteiger partial charge on any atom is 0.191 e. The third-order valence-electron chi connectivity index (χ3n) is 2.89. The number of halogens is 2. The average molecular weight is 285 g/mol. The molecule has 0 spiro atoms. The Labute approximate surface area is 118 Å². The van der Waals surface area contributed by atoms with Gasteiger partial charge in [-0.25, -0.2) is 8.78 Å². The Bertz CT molecular complexity index is 452. The molecule has 1 aromatic carbocycles. The van der Waals surface area contributed by atoms with Gasteiger partial charge >= 0.3 is 0 Å². The smallest absolute Gasteiger partial charge is 0.191 e. The summed E-state index contributed by atoms with van der Waals surface area (Å²) >= 11 is 0. The molecule has 112 valence electrons. The van der Waals surface area contributed by atoms with Gasteiger partial charge in [0.1, 0.15) is 11.6 Å². The first-order valence-corrected chi connectivity index (χ1v) is 6.47. The van der Waals surface area contributed by atoms with Gasteiger partial charge in [0.2, 0.25) is 0 Å². The molecule has 0 saturated heterocycles. The summed E-state index contributed by atoms with van der Waals surface area (Å²) in [7, 11) is 3.28. The first-order chi connectivity index (χ1) is 9.58. The molecule has 0 aliphatic heterocycles. The summed E-state index contributed by atoms with van der Waals surface area (Å²) in [6, 6.07) is 3.64. The molecule has 0 amide bonds. The third-order valence-corrected chi connectivity index (χ3v) is 2.89. The number of rotatable bonds is 6. The largest absolute Gasteiger partial charge is 0.383 e. The normalized spacial score (nSPS) is 13.2. The number of methoxy groups -OCH3 is 1. The lowest BCUT2D eigenvalue weighted by Crippen LogP contribution is -2.40. The highest BCUT2D eigenvalue weighted by Crippen LogP contribution is 2.18. The maximum atomic E-state index is 13.6. The monoisotopic (exact) mass is 285 g/mol. The number of ether oxygens (including phenoxy) is 1. The van der Waals surface area contributed by atoms with Crippen molar-refractivity contribution in [2.75, 3.05) is 33.9 Å². The topological polar surface area (TPSA) is 45.7 Å². The molecule has 1 atom stereocenters. The molecule has 6 heteroatoms. The van der Waals surface area contributed by atoms with Crippen LogP contribution in [0.15, 0.2) is 23.2 Å². The summed E-state index contributed by atoms with van der Waals surface area (Å²) in [5, 5.41) is 6.15. The minimum atomic E-state index is -0.566. The summed E-state index contributed by atoms with van der Waals surface area (Å²) < 4.78 is 31.4. The second-order valence-electron chi connectivity index (χ2n) is 4.44. The SMILES string of the molecule is CN=C(NCCOC)NCC(C)c1ccc(F)cc1F. The van der Waals surface area contributed by atoms with E-state index in [4.69, 9.17) is 4.74 Å². The Morgan fingerprint density at radius 1 is 1.35 bits per heavy atom. The van der Waals surface area contributed by atoms with Gasteiger partial charge in [0.15, 0.2) is 5.96 Å². The van der Waals surface area contributed by atoms with Crippen LogP contribution < -0.4 is 10.6 Å². The number of aliphatic imine (C=N–C) groups is 1. The summed E-state index contributed by atoms with van der Waals surface area (Å²) in [5.74, 6) is -0.571. The summed E-state index contributed by atoms with van der Waals surface area (Å²) in [6.45, 7) is 3.57. The van der Waals surface area contributed by atoms with Crippen LogP contribution in [-0.4, -0.2) is 39.8 Å². The summed E-state index contributed by atoms with van der Waals surface area (Å²) in [5.41, 5.74) is 0.478. The van der Waals surface area contributed by atoms with Gasteiger partial charge in [-0.3, -0.25) is 4.99 Å². The van der Waals surface area contributed by atoms with Gasteiger partial charge < -0.3 is 15.4 Å². The van der Waals surface area contributed by atoms with E-state index in [1.807, 2.05) is 6.92 Å². The number of hydrogen-bond donors (Lipinski definition) is 2. The molecule has 0 heterocycles. The fraction of sp³-hybridized carbons (Fsp3) is 0.500. The predicted octanol–water partition coefficient (Wildman–Crippen LogP) is 1.88. The Kier molecular flexibility index (Phi) is 6.93. The van der Waals surface area contributed by atoms with Crippen molar-refractivity contribution < 1.29 is 13.5 Å². The van der Waals surface area contributed by atoms with E-state index in [0.29, 0.717) is 31.2 Å². The zero-order chi connectivity index (χ0) is 15.0. The molecular formula is C14H21F2N3O. The fourth-order valence-corrected chi connectivity index (χ4v) is 1.75. The molecule has 0 saturated carbocycles. The lowest BCUT2D eigenvalue weighted by Gasteiger charge is -2.16. The van der Waals surface area contributed by atoms with Gasteiger partial charge in [0, 0.05) is 39.2 Å². The van der Waals surface area contributed by atoms with E-state index in [-0.39, 0.29) is 5.92 Å². The lowest BCUT2D eigenvalue weighted by atomic mass is 10.0. The fourth-order valence-electron chi connectivity index (χ4n) is 1.75. The minimum Gasteiger partial charge on any atom is -0.383 e.